The molecule has 0 radical (unpaired) electrons. The fourth-order valence-corrected chi connectivity index (χ4v) is 4.36. The highest BCUT2D eigenvalue weighted by atomic mass is 19.1. The highest BCUT2D eigenvalue weighted by Crippen LogP contribution is 2.30. The van der Waals surface area contributed by atoms with E-state index >= 15 is 0 Å². The molecule has 1 N–H and O–H groups in total. The van der Waals surface area contributed by atoms with Gasteiger partial charge < -0.3 is 24.1 Å². The Bertz CT molecular complexity index is 1180. The first kappa shape index (κ1) is 25.5. The lowest BCUT2D eigenvalue weighted by molar-refractivity contribution is 0.0908. The summed E-state index contributed by atoms with van der Waals surface area (Å²) in [6.45, 7) is 6.29. The second-order valence-electron chi connectivity index (χ2n) is 8.95. The van der Waals surface area contributed by atoms with Gasteiger partial charge in [0.15, 0.2) is 23.1 Å². The van der Waals surface area contributed by atoms with E-state index < -0.39 is 0 Å². The van der Waals surface area contributed by atoms with Gasteiger partial charge in [0, 0.05) is 31.2 Å². The minimum Gasteiger partial charge on any atom is -0.494 e. The summed E-state index contributed by atoms with van der Waals surface area (Å²) < 4.78 is 35.5. The molecule has 8 nitrogen and oxygen atoms in total. The smallest absolute Gasteiger partial charge is 0.251 e. The number of carbonyl (C=O) groups is 1. The standard InChI is InChI=1S/C27H32FN3O5/c1-17-22(18(2)36-30-17)16-35-25-8-6-20(14-26(25)34-4)27(32)29-21-9-11-31(12-10-21)15-19-5-7-24(33-3)23(28)13-19/h5-8,13-14,21H,9-12,15-16H2,1-4H3,(H,29,32). The lowest BCUT2D eigenvalue weighted by atomic mass is 10.0. The van der Waals surface area contributed by atoms with E-state index in [1.807, 2.05) is 19.9 Å². The number of likely N-dealkylation sites (tertiary alicyclic amines) is 1. The van der Waals surface area contributed by atoms with Crippen LogP contribution in [0.5, 0.6) is 17.2 Å². The number of hydrogen-bond donors (Lipinski definition) is 1. The van der Waals surface area contributed by atoms with E-state index in [2.05, 4.69) is 15.4 Å². The summed E-state index contributed by atoms with van der Waals surface area (Å²) in [7, 11) is 3.00. The van der Waals surface area contributed by atoms with Crippen molar-refractivity contribution in [2.75, 3.05) is 27.3 Å². The van der Waals surface area contributed by atoms with Crippen LogP contribution in [0.4, 0.5) is 4.39 Å². The van der Waals surface area contributed by atoms with Gasteiger partial charge in [-0.05, 0) is 62.6 Å². The van der Waals surface area contributed by atoms with Gasteiger partial charge in [-0.2, -0.15) is 0 Å². The van der Waals surface area contributed by atoms with Crippen LogP contribution in [0.2, 0.25) is 0 Å². The molecule has 0 aliphatic carbocycles. The Hall–Kier alpha value is -3.59. The molecule has 2 aromatic carbocycles. The summed E-state index contributed by atoms with van der Waals surface area (Å²) in [5, 5.41) is 7.06. The number of halogens is 1. The molecule has 36 heavy (non-hydrogen) atoms. The number of nitrogens with zero attached hydrogens (tertiary/aromatic N) is 2. The minimum absolute atomic E-state index is 0.0721. The lowest BCUT2D eigenvalue weighted by Gasteiger charge is -2.32. The van der Waals surface area contributed by atoms with Gasteiger partial charge in [-0.3, -0.25) is 9.69 Å². The second kappa shape index (κ2) is 11.4. The maximum absolute atomic E-state index is 14.0. The summed E-state index contributed by atoms with van der Waals surface area (Å²) in [6.07, 6.45) is 1.64. The molecule has 0 saturated carbocycles. The number of nitrogens with one attached hydrogen (secondary N) is 1. The highest BCUT2D eigenvalue weighted by molar-refractivity contribution is 5.95. The average molecular weight is 498 g/mol. The molecule has 1 saturated heterocycles. The first-order valence-electron chi connectivity index (χ1n) is 12.0. The van der Waals surface area contributed by atoms with Crippen molar-refractivity contribution < 1.29 is 27.9 Å². The normalized spacial score (nSPS) is 14.5. The number of amides is 1. The number of hydrogen-bond acceptors (Lipinski definition) is 7. The van der Waals surface area contributed by atoms with E-state index in [4.69, 9.17) is 18.7 Å². The van der Waals surface area contributed by atoms with Crippen LogP contribution in [0.15, 0.2) is 40.9 Å². The number of carbonyl (C=O) groups excluding carboxylic acids is 1. The molecule has 9 heteroatoms. The predicted octanol–water partition coefficient (Wildman–Crippen LogP) is 4.42. The van der Waals surface area contributed by atoms with Crippen LogP contribution in [-0.4, -0.2) is 49.3 Å². The van der Waals surface area contributed by atoms with Crippen LogP contribution < -0.4 is 19.5 Å². The molecular weight excluding hydrogens is 465 g/mol. The SMILES string of the molecule is COc1ccc(CN2CCC(NC(=O)c3ccc(OCc4c(C)noc4C)c(OC)c3)CC2)cc1F. The summed E-state index contributed by atoms with van der Waals surface area (Å²) in [5.74, 6) is 1.48. The third kappa shape index (κ3) is 5.96. The Morgan fingerprint density at radius 3 is 2.44 bits per heavy atom. The fraction of sp³-hybridized carbons (Fsp3) is 0.407. The maximum atomic E-state index is 14.0. The van der Waals surface area contributed by atoms with Gasteiger partial charge in [-0.25, -0.2) is 4.39 Å². The number of ether oxygens (including phenoxy) is 3. The summed E-state index contributed by atoms with van der Waals surface area (Å²) in [4.78, 5) is 15.2. The Balaban J connectivity index is 1.29. The molecule has 192 valence electrons. The second-order valence-corrected chi connectivity index (χ2v) is 8.95. The molecule has 0 spiro atoms. The zero-order valence-electron chi connectivity index (χ0n) is 21.1. The molecule has 1 fully saturated rings. The van der Waals surface area contributed by atoms with Crippen LogP contribution in [0, 0.1) is 19.7 Å². The van der Waals surface area contributed by atoms with Crippen molar-refractivity contribution in [2.45, 2.75) is 45.9 Å². The number of aromatic nitrogens is 1. The highest BCUT2D eigenvalue weighted by Gasteiger charge is 2.22. The fourth-order valence-electron chi connectivity index (χ4n) is 4.36. The number of benzene rings is 2. The molecule has 0 atom stereocenters. The van der Waals surface area contributed by atoms with Crippen LogP contribution in [0.25, 0.3) is 0 Å². The average Bonchev–Trinajstić information content (AvgIpc) is 3.20. The van der Waals surface area contributed by atoms with Crippen molar-refractivity contribution in [3.8, 4) is 17.2 Å². The number of aryl methyl sites for hydroxylation is 2. The van der Waals surface area contributed by atoms with E-state index in [1.165, 1.54) is 13.2 Å². The van der Waals surface area contributed by atoms with Gasteiger partial charge in [0.1, 0.15) is 12.4 Å². The first-order chi connectivity index (χ1) is 17.4. The molecular formula is C27H32FN3O5. The number of methoxy groups -OCH3 is 2. The van der Waals surface area contributed by atoms with E-state index in [0.29, 0.717) is 36.0 Å². The summed E-state index contributed by atoms with van der Waals surface area (Å²) in [5.41, 5.74) is 3.08. The van der Waals surface area contributed by atoms with Crippen LogP contribution >= 0.6 is 0 Å². The minimum atomic E-state index is -0.354. The van der Waals surface area contributed by atoms with Crippen LogP contribution in [0.3, 0.4) is 0 Å². The third-order valence-electron chi connectivity index (χ3n) is 6.52. The number of rotatable bonds is 9. The van der Waals surface area contributed by atoms with E-state index in [0.717, 1.165) is 42.8 Å². The zero-order valence-corrected chi connectivity index (χ0v) is 21.1. The van der Waals surface area contributed by atoms with Gasteiger partial charge in [-0.15, -0.1) is 0 Å². The van der Waals surface area contributed by atoms with E-state index in [-0.39, 0.29) is 23.5 Å². The molecule has 0 unspecified atom stereocenters. The molecule has 1 aliphatic rings. The molecule has 3 aromatic rings. The Kier molecular flexibility index (Phi) is 8.10. The third-order valence-corrected chi connectivity index (χ3v) is 6.52. The largest absolute Gasteiger partial charge is 0.494 e. The van der Waals surface area contributed by atoms with Gasteiger partial charge in [-0.1, -0.05) is 11.2 Å². The Morgan fingerprint density at radius 2 is 1.81 bits per heavy atom. The van der Waals surface area contributed by atoms with Crippen molar-refractivity contribution in [3.05, 3.63) is 70.4 Å². The van der Waals surface area contributed by atoms with Crippen molar-refractivity contribution in [2.24, 2.45) is 0 Å². The zero-order chi connectivity index (χ0) is 25.7. The van der Waals surface area contributed by atoms with E-state index in [1.54, 1.807) is 31.4 Å². The van der Waals surface area contributed by atoms with Crippen LogP contribution in [0.1, 0.15) is 45.8 Å². The number of piperidine rings is 1. The van der Waals surface area contributed by atoms with Crippen molar-refractivity contribution >= 4 is 5.91 Å². The molecule has 4 rings (SSSR count). The van der Waals surface area contributed by atoms with E-state index in [9.17, 15) is 9.18 Å². The predicted molar refractivity (Wildman–Crippen MR) is 132 cm³/mol. The van der Waals surface area contributed by atoms with Gasteiger partial charge in [0.2, 0.25) is 0 Å². The monoisotopic (exact) mass is 497 g/mol. The van der Waals surface area contributed by atoms with Crippen molar-refractivity contribution in [1.29, 1.82) is 0 Å². The molecule has 1 aliphatic heterocycles. The topological polar surface area (TPSA) is 86.1 Å². The Morgan fingerprint density at radius 1 is 1.08 bits per heavy atom. The first-order valence-corrected chi connectivity index (χ1v) is 12.0. The lowest BCUT2D eigenvalue weighted by Crippen LogP contribution is -2.44. The molecule has 1 amide bonds. The Labute approximate surface area is 210 Å². The summed E-state index contributed by atoms with van der Waals surface area (Å²) in [6, 6.07) is 10.3. The molecule has 0 bridgehead atoms. The maximum Gasteiger partial charge on any atom is 0.251 e. The quantitative estimate of drug-likeness (QED) is 0.468. The van der Waals surface area contributed by atoms with Gasteiger partial charge >= 0.3 is 0 Å². The molecule has 1 aromatic heterocycles. The van der Waals surface area contributed by atoms with Crippen molar-refractivity contribution in [1.82, 2.24) is 15.4 Å². The van der Waals surface area contributed by atoms with Gasteiger partial charge in [0.25, 0.3) is 5.91 Å². The molecule has 2 heterocycles. The van der Waals surface area contributed by atoms with Gasteiger partial charge in [0.05, 0.1) is 25.5 Å². The summed E-state index contributed by atoms with van der Waals surface area (Å²) >= 11 is 0. The van der Waals surface area contributed by atoms with Crippen molar-refractivity contribution in [3.63, 3.8) is 0 Å². The van der Waals surface area contributed by atoms with Crippen LogP contribution in [-0.2, 0) is 13.2 Å².